The number of morpholine rings is 1. The van der Waals surface area contributed by atoms with Crippen molar-refractivity contribution >= 4 is 33.9 Å². The second kappa shape index (κ2) is 9.69. The fourth-order valence-electron chi connectivity index (χ4n) is 3.56. The van der Waals surface area contributed by atoms with Crippen LogP contribution in [0.3, 0.4) is 0 Å². The molecule has 32 heavy (non-hydrogen) atoms. The van der Waals surface area contributed by atoms with Crippen LogP contribution >= 0.6 is 0 Å². The zero-order valence-corrected chi connectivity index (χ0v) is 17.6. The number of aromatic nitrogens is 2. The first-order chi connectivity index (χ1) is 15.6. The number of hydrogen-bond acceptors (Lipinski definition) is 8. The average molecular weight is 438 g/mol. The van der Waals surface area contributed by atoms with Crippen molar-refractivity contribution in [2.75, 3.05) is 49.8 Å². The second-order valence-corrected chi connectivity index (χ2v) is 7.43. The first-order valence-corrected chi connectivity index (χ1v) is 10.4. The molecular weight excluding hydrogens is 410 g/mol. The Morgan fingerprint density at radius 3 is 2.72 bits per heavy atom. The predicted molar refractivity (Wildman–Crippen MR) is 124 cm³/mol. The van der Waals surface area contributed by atoms with Crippen LogP contribution in [-0.2, 0) is 4.74 Å². The number of rotatable bonds is 7. The first-order valence-electron chi connectivity index (χ1n) is 10.4. The lowest BCUT2D eigenvalue weighted by molar-refractivity contribution is 0.0303. The number of aromatic amines is 1. The number of fused-ring (bicyclic) bond motifs is 1. The number of amides is 1. The smallest absolute Gasteiger partial charge is 0.254 e. The minimum Gasteiger partial charge on any atom is -0.396 e. The number of carbonyl (C=O) groups is 1. The lowest BCUT2D eigenvalue weighted by atomic mass is 10.1. The molecule has 0 atom stereocenters. The molecule has 3 aromatic rings. The van der Waals surface area contributed by atoms with Crippen molar-refractivity contribution in [2.45, 2.75) is 0 Å². The summed E-state index contributed by atoms with van der Waals surface area (Å²) >= 11 is 0. The number of H-pyrrole nitrogens is 1. The molecule has 10 heteroatoms. The van der Waals surface area contributed by atoms with Crippen molar-refractivity contribution in [3.63, 3.8) is 0 Å². The number of hydrazine groups is 1. The molecule has 1 aromatic heterocycles. The fraction of sp³-hybridized carbons (Fsp3) is 0.273. The maximum atomic E-state index is 12.6. The van der Waals surface area contributed by atoms with Crippen molar-refractivity contribution in [3.8, 4) is 0 Å². The van der Waals surface area contributed by atoms with Crippen molar-refractivity contribution in [3.05, 3.63) is 59.9 Å². The lowest BCUT2D eigenvalue weighted by Crippen LogP contribution is -2.40. The summed E-state index contributed by atoms with van der Waals surface area (Å²) < 4.78 is 5.30. The normalized spacial score (nSPS) is 14.6. The quantitative estimate of drug-likeness (QED) is 0.273. The molecule has 0 saturated carbocycles. The van der Waals surface area contributed by atoms with Crippen LogP contribution in [0.15, 0.2) is 48.7 Å². The summed E-state index contributed by atoms with van der Waals surface area (Å²) in [5, 5.41) is 21.6. The van der Waals surface area contributed by atoms with Gasteiger partial charge < -0.3 is 25.8 Å². The van der Waals surface area contributed by atoms with E-state index in [9.17, 15) is 4.79 Å². The number of aliphatic hydroxyl groups excluding tert-OH is 1. The summed E-state index contributed by atoms with van der Waals surface area (Å²) in [5.74, 6) is 6.17. The van der Waals surface area contributed by atoms with Crippen LogP contribution in [-0.4, -0.2) is 65.6 Å². The summed E-state index contributed by atoms with van der Waals surface area (Å²) in [6.45, 7) is 2.84. The fourth-order valence-corrected chi connectivity index (χ4v) is 3.56. The third-order valence-corrected chi connectivity index (χ3v) is 5.27. The van der Waals surface area contributed by atoms with E-state index in [0.29, 0.717) is 55.5 Å². The molecule has 0 spiro atoms. The van der Waals surface area contributed by atoms with Crippen LogP contribution in [0.4, 0.5) is 11.4 Å². The zero-order chi connectivity index (χ0) is 22.5. The Labute approximate surface area is 185 Å². The number of aliphatic hydroxyl groups is 1. The molecule has 0 unspecified atom stereocenters. The summed E-state index contributed by atoms with van der Waals surface area (Å²) in [7, 11) is 0. The minimum absolute atomic E-state index is 0.0192. The van der Waals surface area contributed by atoms with Crippen molar-refractivity contribution < 1.29 is 14.6 Å². The van der Waals surface area contributed by atoms with Gasteiger partial charge in [-0.25, -0.2) is 5.84 Å². The zero-order valence-electron chi connectivity index (χ0n) is 17.6. The summed E-state index contributed by atoms with van der Waals surface area (Å²) in [5.41, 5.74) is 10.2. The number of nitrogens with two attached hydrogens (primary N) is 2. The Balaban J connectivity index is 1.48. The predicted octanol–water partition coefficient (Wildman–Crippen LogP) is 1.08. The van der Waals surface area contributed by atoms with E-state index in [-0.39, 0.29) is 12.5 Å². The van der Waals surface area contributed by atoms with Gasteiger partial charge in [-0.1, -0.05) is 0 Å². The number of nitrogens with zero attached hydrogens (tertiary/aromatic N) is 3. The van der Waals surface area contributed by atoms with Crippen LogP contribution in [0.25, 0.3) is 16.6 Å². The van der Waals surface area contributed by atoms with Gasteiger partial charge in [-0.15, -0.1) is 0 Å². The number of hydrogen-bond donors (Lipinski definition) is 5. The van der Waals surface area contributed by atoms with Crippen molar-refractivity contribution in [2.24, 2.45) is 11.6 Å². The van der Waals surface area contributed by atoms with Crippen LogP contribution in [0.2, 0.25) is 0 Å². The summed E-state index contributed by atoms with van der Waals surface area (Å²) in [4.78, 5) is 14.4. The molecule has 2 heterocycles. The Bertz CT molecular complexity index is 1100. The molecule has 4 rings (SSSR count). The molecule has 168 valence electrons. The average Bonchev–Trinajstić information content (AvgIpc) is 3.26. The maximum Gasteiger partial charge on any atom is 0.254 e. The van der Waals surface area contributed by atoms with E-state index in [1.54, 1.807) is 35.4 Å². The molecule has 1 saturated heterocycles. The van der Waals surface area contributed by atoms with Crippen LogP contribution in [0.1, 0.15) is 16.1 Å². The van der Waals surface area contributed by atoms with Gasteiger partial charge in [-0.05, 0) is 42.5 Å². The Kier molecular flexibility index (Phi) is 6.55. The number of carbonyl (C=O) groups excluding carboxylic acids is 1. The van der Waals surface area contributed by atoms with Crippen LogP contribution < -0.4 is 21.9 Å². The first kappa shape index (κ1) is 21.6. The Hall–Kier alpha value is -3.60. The van der Waals surface area contributed by atoms with Gasteiger partial charge in [-0.2, -0.15) is 5.10 Å². The molecule has 1 aliphatic heterocycles. The van der Waals surface area contributed by atoms with E-state index in [1.165, 1.54) is 5.01 Å². The van der Waals surface area contributed by atoms with E-state index in [0.717, 1.165) is 16.6 Å². The van der Waals surface area contributed by atoms with Gasteiger partial charge in [0.05, 0.1) is 36.7 Å². The standard InChI is InChI=1S/C22H27N7O3/c23-19(21-18-6-3-16(25-7-10-30)13-20(18)26-27-21)14-29(24)17-4-1-15(2-5-17)22(31)28-8-11-32-12-9-28/h1-6,13-14,25,30H,7-12,23-24H2,(H,26,27)/b19-14-. The highest BCUT2D eigenvalue weighted by Gasteiger charge is 2.18. The van der Waals surface area contributed by atoms with Crippen molar-refractivity contribution in [1.29, 1.82) is 0 Å². The van der Waals surface area contributed by atoms with E-state index >= 15 is 0 Å². The summed E-state index contributed by atoms with van der Waals surface area (Å²) in [6.07, 6.45) is 1.59. The lowest BCUT2D eigenvalue weighted by Gasteiger charge is -2.27. The Morgan fingerprint density at radius 1 is 1.25 bits per heavy atom. The second-order valence-electron chi connectivity index (χ2n) is 7.43. The number of anilines is 2. The molecule has 10 nitrogen and oxygen atoms in total. The third kappa shape index (κ3) is 4.67. The largest absolute Gasteiger partial charge is 0.396 e. The highest BCUT2D eigenvalue weighted by Crippen LogP contribution is 2.24. The molecule has 7 N–H and O–H groups in total. The summed E-state index contributed by atoms with van der Waals surface area (Å²) in [6, 6.07) is 12.8. The van der Waals surface area contributed by atoms with Gasteiger partial charge in [-0.3, -0.25) is 14.9 Å². The van der Waals surface area contributed by atoms with E-state index in [1.807, 2.05) is 18.2 Å². The molecule has 1 fully saturated rings. The van der Waals surface area contributed by atoms with Crippen LogP contribution in [0, 0.1) is 0 Å². The highest BCUT2D eigenvalue weighted by atomic mass is 16.5. The monoisotopic (exact) mass is 437 g/mol. The van der Waals surface area contributed by atoms with E-state index in [2.05, 4.69) is 15.5 Å². The molecule has 1 amide bonds. The maximum absolute atomic E-state index is 12.6. The van der Waals surface area contributed by atoms with Gasteiger partial charge in [0.1, 0.15) is 5.69 Å². The molecule has 0 bridgehead atoms. The number of ether oxygens (including phenoxy) is 1. The van der Waals surface area contributed by atoms with Gasteiger partial charge in [0.25, 0.3) is 5.91 Å². The van der Waals surface area contributed by atoms with E-state index < -0.39 is 0 Å². The number of nitrogens with one attached hydrogen (secondary N) is 2. The molecular formula is C22H27N7O3. The van der Waals surface area contributed by atoms with Crippen LogP contribution in [0.5, 0.6) is 0 Å². The third-order valence-electron chi connectivity index (χ3n) is 5.27. The van der Waals surface area contributed by atoms with Gasteiger partial charge >= 0.3 is 0 Å². The molecule has 0 radical (unpaired) electrons. The number of benzene rings is 2. The Morgan fingerprint density at radius 2 is 2.00 bits per heavy atom. The van der Waals surface area contributed by atoms with Gasteiger partial charge in [0, 0.05) is 42.5 Å². The SMILES string of the molecule is N/C(=C\N(N)c1ccc(C(=O)N2CCOCC2)cc1)c1n[nH]c2cc(NCCO)ccc12. The minimum atomic E-state index is -0.0192. The molecule has 0 aliphatic carbocycles. The van der Waals surface area contributed by atoms with E-state index in [4.69, 9.17) is 21.4 Å². The van der Waals surface area contributed by atoms with Crippen molar-refractivity contribution in [1.82, 2.24) is 15.1 Å². The highest BCUT2D eigenvalue weighted by molar-refractivity contribution is 5.95. The molecule has 2 aromatic carbocycles. The van der Waals surface area contributed by atoms with Gasteiger partial charge in [0.2, 0.25) is 0 Å². The topological polar surface area (TPSA) is 146 Å². The molecule has 1 aliphatic rings. The van der Waals surface area contributed by atoms with Gasteiger partial charge in [0.15, 0.2) is 0 Å².